The first-order valence-electron chi connectivity index (χ1n) is 28.6. The smallest absolute Gasteiger partial charge is 0.252 e. The molecule has 0 saturated carbocycles. The highest BCUT2D eigenvalue weighted by Gasteiger charge is 2.45. The molecule has 0 atom stereocenters. The van der Waals surface area contributed by atoms with Crippen molar-refractivity contribution in [2.24, 2.45) is 0 Å². The van der Waals surface area contributed by atoms with E-state index in [1.165, 1.54) is 94.4 Å². The molecule has 394 valence electrons. The topological polar surface area (TPSA) is 24.6 Å². The second-order valence-corrected chi connectivity index (χ2v) is 28.0. The number of rotatable bonds is 4. The van der Waals surface area contributed by atoms with Gasteiger partial charge in [-0.1, -0.05) is 189 Å². The Morgan fingerprint density at radius 2 is 0.797 bits per heavy atom. The third-order valence-corrected chi connectivity index (χ3v) is 17.4. The molecule has 11 aromatic rings. The van der Waals surface area contributed by atoms with Gasteiger partial charge in [0.1, 0.15) is 11.2 Å². The summed E-state index contributed by atoms with van der Waals surface area (Å²) < 4.78 is 8.82. The first-order chi connectivity index (χ1) is 37.3. The summed E-state index contributed by atoms with van der Waals surface area (Å²) in [6.07, 6.45) is 0. The molecule has 0 fully saturated rings. The monoisotopic (exact) mass is 1030 g/mol. The molecule has 0 unspecified atom stereocenters. The van der Waals surface area contributed by atoms with E-state index >= 15 is 0 Å². The molecule has 0 radical (unpaired) electrons. The van der Waals surface area contributed by atoms with Gasteiger partial charge in [0.25, 0.3) is 6.71 Å². The van der Waals surface area contributed by atoms with Crippen molar-refractivity contribution in [3.63, 3.8) is 0 Å². The van der Waals surface area contributed by atoms with Gasteiger partial charge in [0.15, 0.2) is 0 Å². The fraction of sp³-hybridized carbons (Fsp3) is 0.270. The zero-order chi connectivity index (χ0) is 55.5. The Morgan fingerprint density at radius 1 is 0.316 bits per heavy atom. The highest BCUT2D eigenvalue weighted by Crippen LogP contribution is 2.49. The Labute approximate surface area is 468 Å². The van der Waals surface area contributed by atoms with Crippen LogP contribution in [0.1, 0.15) is 132 Å². The van der Waals surface area contributed by atoms with Crippen LogP contribution in [0.2, 0.25) is 0 Å². The minimum Gasteiger partial charge on any atom is -0.456 e. The largest absolute Gasteiger partial charge is 0.456 e. The molecule has 0 spiro atoms. The molecule has 0 aliphatic carbocycles. The molecule has 2 aliphatic heterocycles. The summed E-state index contributed by atoms with van der Waals surface area (Å²) in [6, 6.07) is 67.8. The van der Waals surface area contributed by atoms with Crippen LogP contribution in [-0.2, 0) is 27.1 Å². The molecule has 79 heavy (non-hydrogen) atoms. The van der Waals surface area contributed by atoms with Crippen molar-refractivity contribution in [2.75, 3.05) is 9.80 Å². The second kappa shape index (κ2) is 17.4. The minimum absolute atomic E-state index is 0.0223. The van der Waals surface area contributed by atoms with Crippen molar-refractivity contribution in [1.82, 2.24) is 4.57 Å². The summed E-state index contributed by atoms with van der Waals surface area (Å²) >= 11 is 0. The van der Waals surface area contributed by atoms with Gasteiger partial charge in [-0.25, -0.2) is 0 Å². The van der Waals surface area contributed by atoms with E-state index < -0.39 is 0 Å². The van der Waals surface area contributed by atoms with E-state index in [-0.39, 0.29) is 33.8 Å². The zero-order valence-corrected chi connectivity index (χ0v) is 49.1. The summed E-state index contributed by atoms with van der Waals surface area (Å²) in [6.45, 7) is 34.9. The highest BCUT2D eigenvalue weighted by molar-refractivity contribution is 7.00. The third kappa shape index (κ3) is 8.32. The summed E-state index contributed by atoms with van der Waals surface area (Å²) in [5.41, 5.74) is 25.2. The van der Waals surface area contributed by atoms with Crippen molar-refractivity contribution >= 4 is 101 Å². The van der Waals surface area contributed by atoms with E-state index in [0.717, 1.165) is 44.4 Å². The van der Waals surface area contributed by atoms with Gasteiger partial charge in [-0.3, -0.25) is 0 Å². The maximum atomic E-state index is 6.29. The van der Waals surface area contributed by atoms with Gasteiger partial charge >= 0.3 is 0 Å². The summed E-state index contributed by atoms with van der Waals surface area (Å²) in [4.78, 5) is 5.20. The number of aromatic nitrogens is 1. The van der Waals surface area contributed by atoms with Crippen molar-refractivity contribution in [3.05, 3.63) is 204 Å². The Balaban J connectivity index is 1.13. The van der Waals surface area contributed by atoms with Gasteiger partial charge in [-0.15, -0.1) is 0 Å². The fourth-order valence-corrected chi connectivity index (χ4v) is 12.6. The first-order valence-corrected chi connectivity index (χ1v) is 28.6. The van der Waals surface area contributed by atoms with Crippen LogP contribution in [0.4, 0.5) is 34.1 Å². The van der Waals surface area contributed by atoms with Crippen molar-refractivity contribution in [2.45, 2.75) is 131 Å². The van der Waals surface area contributed by atoms with Gasteiger partial charge in [0.05, 0.1) is 11.0 Å². The number of nitrogens with zero attached hydrogens (tertiary/aromatic N) is 3. The first kappa shape index (κ1) is 50.7. The molecule has 2 aromatic heterocycles. The van der Waals surface area contributed by atoms with Crippen LogP contribution in [-0.4, -0.2) is 11.3 Å². The number of para-hydroxylation sites is 1. The lowest BCUT2D eigenvalue weighted by Gasteiger charge is -2.45. The fourth-order valence-electron chi connectivity index (χ4n) is 12.6. The second-order valence-electron chi connectivity index (χ2n) is 28.0. The van der Waals surface area contributed by atoms with Gasteiger partial charge in [0, 0.05) is 61.4 Å². The summed E-state index contributed by atoms with van der Waals surface area (Å²) in [7, 11) is 0. The van der Waals surface area contributed by atoms with Crippen LogP contribution in [0.3, 0.4) is 0 Å². The molecular weight excluding hydrogens is 958 g/mol. The summed E-state index contributed by atoms with van der Waals surface area (Å²) in [5, 5.41) is 4.81. The molecule has 2 aliphatic rings. The standard InChI is InChI=1S/C74H74BN3O/c1-70(2,3)47-23-31-53(32-24-47)76-61-35-27-49(72(7,8)9)39-56(61)57-43-60-64(44-63(57)76)78(52-29-20-45(21-30-52)46-22-37-68-58(38-46)55-18-16-17-19-67(55)79-68)66-42-51(74(13,14)15)41-65-69(66)75(60)59-40-50(73(10,11)12)28-36-62(59)77(65)54-33-25-48(26-34-54)71(4,5)6/h16-44H,1-15H3. The lowest BCUT2D eigenvalue weighted by molar-refractivity contribution is 0.589. The van der Waals surface area contributed by atoms with Crippen LogP contribution in [0.5, 0.6) is 0 Å². The predicted octanol–water partition coefficient (Wildman–Crippen LogP) is 18.9. The third-order valence-electron chi connectivity index (χ3n) is 17.4. The molecule has 0 bridgehead atoms. The van der Waals surface area contributed by atoms with E-state index in [1.54, 1.807) is 0 Å². The number of hydrogen-bond acceptors (Lipinski definition) is 3. The Hall–Kier alpha value is -7.76. The van der Waals surface area contributed by atoms with E-state index in [2.05, 4.69) is 288 Å². The van der Waals surface area contributed by atoms with Gasteiger partial charge in [-0.2, -0.15) is 0 Å². The van der Waals surface area contributed by atoms with Crippen LogP contribution in [0.15, 0.2) is 180 Å². The predicted molar refractivity (Wildman–Crippen MR) is 341 cm³/mol. The molecule has 5 heteroatoms. The maximum absolute atomic E-state index is 6.29. The Morgan fingerprint density at radius 3 is 1.41 bits per heavy atom. The molecular formula is C74H74BN3O. The van der Waals surface area contributed by atoms with Gasteiger partial charge in [-0.05, 0) is 173 Å². The summed E-state index contributed by atoms with van der Waals surface area (Å²) in [5.74, 6) is 0. The van der Waals surface area contributed by atoms with Crippen LogP contribution >= 0.6 is 0 Å². The molecule has 13 rings (SSSR count). The number of hydrogen-bond donors (Lipinski definition) is 0. The zero-order valence-electron chi connectivity index (χ0n) is 49.1. The average Bonchev–Trinajstić information content (AvgIpc) is 4.10. The molecule has 0 amide bonds. The number of furan rings is 1. The van der Waals surface area contributed by atoms with E-state index in [0.29, 0.717) is 0 Å². The minimum atomic E-state index is -0.161. The van der Waals surface area contributed by atoms with Crippen molar-refractivity contribution < 1.29 is 4.42 Å². The quantitative estimate of drug-likeness (QED) is 0.164. The molecule has 4 heterocycles. The average molecular weight is 1030 g/mol. The maximum Gasteiger partial charge on any atom is 0.252 e. The normalized spacial score (nSPS) is 13.9. The highest BCUT2D eigenvalue weighted by atomic mass is 16.3. The van der Waals surface area contributed by atoms with Crippen molar-refractivity contribution in [1.29, 1.82) is 0 Å². The van der Waals surface area contributed by atoms with Crippen molar-refractivity contribution in [3.8, 4) is 16.8 Å². The Kier molecular flexibility index (Phi) is 11.2. The van der Waals surface area contributed by atoms with E-state index in [1.807, 2.05) is 6.07 Å². The van der Waals surface area contributed by atoms with E-state index in [4.69, 9.17) is 4.42 Å². The number of fused-ring (bicyclic) bond motifs is 10. The lowest BCUT2D eigenvalue weighted by Crippen LogP contribution is -2.61. The number of benzene rings is 9. The molecule has 0 N–H and O–H groups in total. The molecule has 4 nitrogen and oxygen atoms in total. The lowest BCUT2D eigenvalue weighted by atomic mass is 9.33. The van der Waals surface area contributed by atoms with Crippen LogP contribution in [0.25, 0.3) is 60.6 Å². The number of anilines is 6. The van der Waals surface area contributed by atoms with Crippen LogP contribution < -0.4 is 26.2 Å². The molecule has 9 aromatic carbocycles. The van der Waals surface area contributed by atoms with E-state index in [9.17, 15) is 0 Å². The van der Waals surface area contributed by atoms with Crippen LogP contribution in [0, 0.1) is 0 Å². The Bertz CT molecular complexity index is 4250. The SMILES string of the molecule is CC(C)(C)c1ccc(N2c3ccc(C(C)(C)C)cc3B3c4cc5c6cc(C(C)(C)C)ccc6n(-c6ccc(C(C)(C)C)cc6)c5cc4N(c4ccc(-c5ccc6oc7ccccc7c6c5)cc4)c4cc(C(C)(C)C)cc2c43)cc1. The van der Waals surface area contributed by atoms with Gasteiger partial charge in [0.2, 0.25) is 0 Å². The van der Waals surface area contributed by atoms with Gasteiger partial charge < -0.3 is 18.8 Å². The molecule has 0 saturated heterocycles.